The Hall–Kier alpha value is -2.09. The van der Waals surface area contributed by atoms with E-state index in [4.69, 9.17) is 0 Å². The number of hydrogen-bond acceptors (Lipinski definition) is 3. The monoisotopic (exact) mass is 345 g/mol. The summed E-state index contributed by atoms with van der Waals surface area (Å²) in [6.45, 7) is 6.48. The number of benzene rings is 1. The highest BCUT2D eigenvalue weighted by molar-refractivity contribution is 5.96. The first kappa shape index (κ1) is 20.0. The lowest BCUT2D eigenvalue weighted by molar-refractivity contribution is -0.138. The van der Waals surface area contributed by atoms with Crippen LogP contribution in [-0.4, -0.2) is 24.0 Å². The summed E-state index contributed by atoms with van der Waals surface area (Å²) in [5.74, 6) is -0.621. The molecule has 0 saturated carbocycles. The number of amides is 3. The van der Waals surface area contributed by atoms with Crippen LogP contribution in [0.2, 0.25) is 0 Å². The molecule has 0 aliphatic heterocycles. The van der Waals surface area contributed by atoms with E-state index in [-0.39, 0.29) is 11.6 Å². The van der Waals surface area contributed by atoms with E-state index in [1.165, 1.54) is 32.0 Å². The highest BCUT2D eigenvalue weighted by atomic mass is 19.4. The minimum Gasteiger partial charge on any atom is -0.336 e. The predicted octanol–water partition coefficient (Wildman–Crippen LogP) is 2.98. The first-order valence-corrected chi connectivity index (χ1v) is 7.56. The predicted molar refractivity (Wildman–Crippen MR) is 84.3 cm³/mol. The molecular formula is C16H22F3N3O2. The van der Waals surface area contributed by atoms with Gasteiger partial charge in [-0.3, -0.25) is 15.4 Å². The molecule has 0 radical (unpaired) electrons. The van der Waals surface area contributed by atoms with Gasteiger partial charge in [-0.1, -0.05) is 18.2 Å². The van der Waals surface area contributed by atoms with Crippen LogP contribution < -0.4 is 16.0 Å². The molecule has 0 bridgehead atoms. The second-order valence-electron chi connectivity index (χ2n) is 5.81. The molecule has 0 fully saturated rings. The van der Waals surface area contributed by atoms with Crippen molar-refractivity contribution in [2.75, 3.05) is 0 Å². The van der Waals surface area contributed by atoms with Crippen LogP contribution >= 0.6 is 0 Å². The van der Waals surface area contributed by atoms with E-state index >= 15 is 0 Å². The zero-order chi connectivity index (χ0) is 18.5. The molecule has 2 atom stereocenters. The van der Waals surface area contributed by atoms with E-state index in [1.54, 1.807) is 13.8 Å². The normalized spacial score (nSPS) is 14.2. The van der Waals surface area contributed by atoms with Crippen LogP contribution in [0.25, 0.3) is 0 Å². The lowest BCUT2D eigenvalue weighted by Gasteiger charge is -2.23. The van der Waals surface area contributed by atoms with Crippen molar-refractivity contribution in [2.45, 2.75) is 52.0 Å². The number of nitrogens with one attached hydrogen (secondary N) is 3. The number of halogens is 3. The van der Waals surface area contributed by atoms with Crippen molar-refractivity contribution in [2.24, 2.45) is 0 Å². The van der Waals surface area contributed by atoms with Crippen LogP contribution in [0.1, 0.15) is 44.9 Å². The van der Waals surface area contributed by atoms with Crippen molar-refractivity contribution in [3.05, 3.63) is 35.4 Å². The summed E-state index contributed by atoms with van der Waals surface area (Å²) in [4.78, 5) is 23.4. The minimum atomic E-state index is -4.48. The lowest BCUT2D eigenvalue weighted by Crippen LogP contribution is -2.49. The first-order valence-electron chi connectivity index (χ1n) is 7.56. The Kier molecular flexibility index (Phi) is 6.77. The number of rotatable bonds is 5. The second kappa shape index (κ2) is 8.14. The average molecular weight is 345 g/mol. The van der Waals surface area contributed by atoms with E-state index < -0.39 is 35.8 Å². The smallest absolute Gasteiger partial charge is 0.336 e. The van der Waals surface area contributed by atoms with E-state index in [0.717, 1.165) is 6.07 Å². The Morgan fingerprint density at radius 3 is 2.17 bits per heavy atom. The van der Waals surface area contributed by atoms with Crippen molar-refractivity contribution in [3.8, 4) is 0 Å². The third-order valence-corrected chi connectivity index (χ3v) is 3.28. The zero-order valence-electron chi connectivity index (χ0n) is 14.0. The van der Waals surface area contributed by atoms with E-state index in [1.807, 2.05) is 0 Å². The molecule has 0 heterocycles. The van der Waals surface area contributed by atoms with Gasteiger partial charge < -0.3 is 5.32 Å². The molecule has 0 spiro atoms. The molecule has 134 valence electrons. The van der Waals surface area contributed by atoms with Crippen molar-refractivity contribution >= 4 is 11.9 Å². The largest absolute Gasteiger partial charge is 0.416 e. The topological polar surface area (TPSA) is 70.2 Å². The fourth-order valence-corrected chi connectivity index (χ4v) is 2.19. The summed E-state index contributed by atoms with van der Waals surface area (Å²) in [6.07, 6.45) is -4.48. The van der Waals surface area contributed by atoms with Crippen LogP contribution in [0.5, 0.6) is 0 Å². The zero-order valence-corrected chi connectivity index (χ0v) is 14.0. The molecule has 0 aromatic heterocycles. The number of imide groups is 1. The van der Waals surface area contributed by atoms with Gasteiger partial charge >= 0.3 is 12.2 Å². The number of alkyl halides is 3. The number of urea groups is 1. The molecule has 3 N–H and O–H groups in total. The average Bonchev–Trinajstić information content (AvgIpc) is 2.45. The summed E-state index contributed by atoms with van der Waals surface area (Å²) in [6, 6.07) is 2.81. The number of carbonyl (C=O) groups excluding carboxylic acids is 2. The molecule has 0 saturated heterocycles. The minimum absolute atomic E-state index is 0.0382. The van der Waals surface area contributed by atoms with Crippen LogP contribution in [0.4, 0.5) is 18.0 Å². The SMILES string of the molecule is CC(C)NC(=O)NC(=O)[C@H](C)N[C@@H](C)c1ccccc1C(F)(F)F. The maximum atomic E-state index is 13.0. The maximum absolute atomic E-state index is 13.0. The highest BCUT2D eigenvalue weighted by Crippen LogP contribution is 2.34. The fraction of sp³-hybridized carbons (Fsp3) is 0.500. The van der Waals surface area contributed by atoms with E-state index in [2.05, 4.69) is 16.0 Å². The first-order chi connectivity index (χ1) is 11.0. The van der Waals surface area contributed by atoms with Crippen LogP contribution in [0, 0.1) is 0 Å². The van der Waals surface area contributed by atoms with Crippen LogP contribution in [-0.2, 0) is 11.0 Å². The van der Waals surface area contributed by atoms with Gasteiger partial charge in [-0.05, 0) is 39.3 Å². The Balaban J connectivity index is 2.76. The Bertz CT molecular complexity index is 588. The lowest BCUT2D eigenvalue weighted by atomic mass is 10.0. The van der Waals surface area contributed by atoms with Crippen LogP contribution in [0.15, 0.2) is 24.3 Å². The third-order valence-electron chi connectivity index (χ3n) is 3.28. The van der Waals surface area contributed by atoms with Crippen molar-refractivity contribution in [1.82, 2.24) is 16.0 Å². The molecule has 0 aliphatic carbocycles. The standard InChI is InChI=1S/C16H22F3N3O2/c1-9(2)20-15(24)22-14(23)11(4)21-10(3)12-7-5-6-8-13(12)16(17,18)19/h5-11,21H,1-4H3,(H2,20,22,23,24)/t10-,11-/m0/s1. The Morgan fingerprint density at radius 2 is 1.62 bits per heavy atom. The highest BCUT2D eigenvalue weighted by Gasteiger charge is 2.34. The molecule has 1 rings (SSSR count). The van der Waals surface area contributed by atoms with Crippen molar-refractivity contribution < 1.29 is 22.8 Å². The van der Waals surface area contributed by atoms with E-state index in [0.29, 0.717) is 0 Å². The second-order valence-corrected chi connectivity index (χ2v) is 5.81. The molecule has 8 heteroatoms. The van der Waals surface area contributed by atoms with E-state index in [9.17, 15) is 22.8 Å². The molecule has 1 aromatic carbocycles. The molecule has 5 nitrogen and oxygen atoms in total. The van der Waals surface area contributed by atoms with Gasteiger partial charge in [0.1, 0.15) is 0 Å². The quantitative estimate of drug-likeness (QED) is 0.768. The van der Waals surface area contributed by atoms with Gasteiger partial charge in [0.25, 0.3) is 0 Å². The fourth-order valence-electron chi connectivity index (χ4n) is 2.19. The van der Waals surface area contributed by atoms with Gasteiger partial charge in [-0.25, -0.2) is 4.79 Å². The van der Waals surface area contributed by atoms with Gasteiger partial charge in [-0.2, -0.15) is 13.2 Å². The number of carbonyl (C=O) groups is 2. The van der Waals surface area contributed by atoms with Gasteiger partial charge in [-0.15, -0.1) is 0 Å². The van der Waals surface area contributed by atoms with Crippen LogP contribution in [0.3, 0.4) is 0 Å². The molecule has 24 heavy (non-hydrogen) atoms. The molecule has 0 aliphatic rings. The van der Waals surface area contributed by atoms with Gasteiger partial charge in [0.05, 0.1) is 11.6 Å². The summed E-state index contributed by atoms with van der Waals surface area (Å²) in [7, 11) is 0. The number of hydrogen-bond donors (Lipinski definition) is 3. The van der Waals surface area contributed by atoms with Crippen molar-refractivity contribution in [3.63, 3.8) is 0 Å². The Morgan fingerprint density at radius 1 is 1.04 bits per heavy atom. The van der Waals surface area contributed by atoms with Gasteiger partial charge in [0.2, 0.25) is 5.91 Å². The third kappa shape index (κ3) is 5.84. The molecule has 3 amide bonds. The van der Waals surface area contributed by atoms with Gasteiger partial charge in [0, 0.05) is 12.1 Å². The Labute approximate surface area is 139 Å². The van der Waals surface area contributed by atoms with Gasteiger partial charge in [0.15, 0.2) is 0 Å². The summed E-state index contributed by atoms with van der Waals surface area (Å²) in [5, 5.41) is 7.41. The van der Waals surface area contributed by atoms with Crippen molar-refractivity contribution in [1.29, 1.82) is 0 Å². The molecular weight excluding hydrogens is 323 g/mol. The summed E-state index contributed by atoms with van der Waals surface area (Å²) >= 11 is 0. The maximum Gasteiger partial charge on any atom is 0.416 e. The summed E-state index contributed by atoms with van der Waals surface area (Å²) < 4.78 is 39.1. The summed E-state index contributed by atoms with van der Waals surface area (Å²) in [5.41, 5.74) is -0.716. The molecule has 1 aromatic rings. The molecule has 0 unspecified atom stereocenters.